The molecular formula is C21H20FN3O2. The second kappa shape index (κ2) is 7.70. The SMILES string of the molecule is O=C(c1ccncc1)N1CCCCCC1c1cc(-c2ccc(F)cc2)no1. The molecule has 1 unspecified atom stereocenters. The summed E-state index contributed by atoms with van der Waals surface area (Å²) in [5.74, 6) is 0.350. The maximum atomic E-state index is 13.2. The zero-order chi connectivity index (χ0) is 18.6. The topological polar surface area (TPSA) is 59.2 Å². The Labute approximate surface area is 156 Å². The van der Waals surface area contributed by atoms with Gasteiger partial charge in [-0.25, -0.2) is 4.39 Å². The first-order valence-electron chi connectivity index (χ1n) is 9.16. The third-order valence-corrected chi connectivity index (χ3v) is 4.94. The van der Waals surface area contributed by atoms with Crippen LogP contribution in [0.4, 0.5) is 4.39 Å². The number of likely N-dealkylation sites (tertiary alicyclic amines) is 1. The number of carbonyl (C=O) groups is 1. The first kappa shape index (κ1) is 17.4. The molecule has 0 spiro atoms. The molecule has 2 aromatic heterocycles. The molecule has 1 aliphatic heterocycles. The molecule has 4 rings (SSSR count). The van der Waals surface area contributed by atoms with Crippen molar-refractivity contribution in [2.75, 3.05) is 6.54 Å². The summed E-state index contributed by atoms with van der Waals surface area (Å²) >= 11 is 0. The number of hydrogen-bond acceptors (Lipinski definition) is 4. The van der Waals surface area contributed by atoms with E-state index in [2.05, 4.69) is 10.1 Å². The second-order valence-corrected chi connectivity index (χ2v) is 6.72. The molecule has 0 radical (unpaired) electrons. The number of amides is 1. The lowest BCUT2D eigenvalue weighted by Crippen LogP contribution is -2.34. The van der Waals surface area contributed by atoms with Crippen molar-refractivity contribution in [2.45, 2.75) is 31.7 Å². The van der Waals surface area contributed by atoms with Crippen LogP contribution in [0.5, 0.6) is 0 Å². The van der Waals surface area contributed by atoms with Crippen molar-refractivity contribution >= 4 is 5.91 Å². The van der Waals surface area contributed by atoms with Crippen molar-refractivity contribution in [3.63, 3.8) is 0 Å². The molecule has 0 saturated carbocycles. The Balaban J connectivity index is 1.63. The lowest BCUT2D eigenvalue weighted by molar-refractivity contribution is 0.0651. The molecule has 138 valence electrons. The smallest absolute Gasteiger partial charge is 0.254 e. The molecule has 1 aromatic carbocycles. The van der Waals surface area contributed by atoms with Crippen LogP contribution in [0.25, 0.3) is 11.3 Å². The standard InChI is InChI=1S/C21H20FN3O2/c22-17-7-5-15(6-8-17)18-14-20(27-24-18)19-4-2-1-3-13-25(19)21(26)16-9-11-23-12-10-16/h5-12,14,19H,1-4,13H2. The summed E-state index contributed by atoms with van der Waals surface area (Å²) in [6.45, 7) is 0.679. The number of rotatable bonds is 3. The summed E-state index contributed by atoms with van der Waals surface area (Å²) in [5.41, 5.74) is 2.05. The molecule has 0 bridgehead atoms. The first-order valence-corrected chi connectivity index (χ1v) is 9.16. The number of hydrogen-bond donors (Lipinski definition) is 0. The van der Waals surface area contributed by atoms with E-state index in [1.165, 1.54) is 12.1 Å². The normalized spacial score (nSPS) is 17.5. The van der Waals surface area contributed by atoms with Gasteiger partial charge in [-0.05, 0) is 49.2 Å². The minimum atomic E-state index is -0.291. The van der Waals surface area contributed by atoms with Crippen LogP contribution in [-0.2, 0) is 0 Å². The quantitative estimate of drug-likeness (QED) is 0.679. The zero-order valence-electron chi connectivity index (χ0n) is 14.8. The van der Waals surface area contributed by atoms with Crippen molar-refractivity contribution in [1.82, 2.24) is 15.0 Å². The van der Waals surface area contributed by atoms with Crippen LogP contribution >= 0.6 is 0 Å². The Kier molecular flexibility index (Phi) is 4.96. The van der Waals surface area contributed by atoms with Crippen LogP contribution in [0, 0.1) is 5.82 Å². The molecule has 0 N–H and O–H groups in total. The van der Waals surface area contributed by atoms with Gasteiger partial charge in [-0.1, -0.05) is 18.0 Å². The third-order valence-electron chi connectivity index (χ3n) is 4.94. The van der Waals surface area contributed by atoms with E-state index in [0.29, 0.717) is 23.6 Å². The highest BCUT2D eigenvalue weighted by atomic mass is 19.1. The molecule has 0 aliphatic carbocycles. The minimum Gasteiger partial charge on any atom is -0.359 e. The predicted octanol–water partition coefficient (Wildman–Crippen LogP) is 4.63. The second-order valence-electron chi connectivity index (χ2n) is 6.72. The number of benzene rings is 1. The lowest BCUT2D eigenvalue weighted by atomic mass is 10.0. The van der Waals surface area contributed by atoms with Crippen LogP contribution in [-0.4, -0.2) is 27.5 Å². The van der Waals surface area contributed by atoms with Crippen LogP contribution in [0.2, 0.25) is 0 Å². The average molecular weight is 365 g/mol. The average Bonchev–Trinajstić information content (AvgIpc) is 3.06. The number of pyridine rings is 1. The first-order chi connectivity index (χ1) is 13.2. The van der Waals surface area contributed by atoms with E-state index in [0.717, 1.165) is 31.2 Å². The molecule has 6 heteroatoms. The largest absolute Gasteiger partial charge is 0.359 e. The Morgan fingerprint density at radius 1 is 1.07 bits per heavy atom. The highest BCUT2D eigenvalue weighted by molar-refractivity contribution is 5.94. The molecule has 3 aromatic rings. The van der Waals surface area contributed by atoms with Gasteiger partial charge in [-0.2, -0.15) is 0 Å². The maximum Gasteiger partial charge on any atom is 0.254 e. The van der Waals surface area contributed by atoms with Crippen molar-refractivity contribution in [3.05, 3.63) is 72.0 Å². The van der Waals surface area contributed by atoms with Gasteiger partial charge in [-0.15, -0.1) is 0 Å². The molecule has 1 aliphatic rings. The van der Waals surface area contributed by atoms with E-state index in [9.17, 15) is 9.18 Å². The van der Waals surface area contributed by atoms with Gasteiger partial charge in [0.15, 0.2) is 5.76 Å². The van der Waals surface area contributed by atoms with E-state index in [1.54, 1.807) is 36.7 Å². The van der Waals surface area contributed by atoms with Gasteiger partial charge >= 0.3 is 0 Å². The van der Waals surface area contributed by atoms with E-state index >= 15 is 0 Å². The van der Waals surface area contributed by atoms with Crippen molar-refractivity contribution in [1.29, 1.82) is 0 Å². The van der Waals surface area contributed by atoms with E-state index in [1.807, 2.05) is 11.0 Å². The monoisotopic (exact) mass is 365 g/mol. The van der Waals surface area contributed by atoms with Crippen LogP contribution < -0.4 is 0 Å². The van der Waals surface area contributed by atoms with Crippen molar-refractivity contribution in [3.8, 4) is 11.3 Å². The molecule has 1 fully saturated rings. The summed E-state index contributed by atoms with van der Waals surface area (Å²) in [5, 5.41) is 4.14. The number of aromatic nitrogens is 2. The van der Waals surface area contributed by atoms with Crippen LogP contribution in [0.1, 0.15) is 47.8 Å². The number of halogens is 1. The highest BCUT2D eigenvalue weighted by Gasteiger charge is 2.30. The van der Waals surface area contributed by atoms with Gasteiger partial charge in [0.2, 0.25) is 0 Å². The van der Waals surface area contributed by atoms with Crippen molar-refractivity contribution in [2.24, 2.45) is 0 Å². The Bertz CT molecular complexity index is 909. The van der Waals surface area contributed by atoms with Gasteiger partial charge in [0.1, 0.15) is 11.5 Å². The predicted molar refractivity (Wildman–Crippen MR) is 98.4 cm³/mol. The lowest BCUT2D eigenvalue weighted by Gasteiger charge is -2.28. The van der Waals surface area contributed by atoms with Gasteiger partial charge < -0.3 is 9.42 Å². The number of carbonyl (C=O) groups excluding carboxylic acids is 1. The van der Waals surface area contributed by atoms with E-state index in [4.69, 9.17) is 4.52 Å². The van der Waals surface area contributed by atoms with Gasteiger partial charge in [0.05, 0.1) is 6.04 Å². The van der Waals surface area contributed by atoms with Crippen LogP contribution in [0.3, 0.4) is 0 Å². The molecule has 5 nitrogen and oxygen atoms in total. The van der Waals surface area contributed by atoms with E-state index < -0.39 is 0 Å². The molecule has 1 atom stereocenters. The fraction of sp³-hybridized carbons (Fsp3) is 0.286. The molecule has 1 amide bonds. The fourth-order valence-electron chi connectivity index (χ4n) is 3.51. The highest BCUT2D eigenvalue weighted by Crippen LogP contribution is 2.33. The summed E-state index contributed by atoms with van der Waals surface area (Å²) < 4.78 is 18.8. The zero-order valence-corrected chi connectivity index (χ0v) is 14.8. The summed E-state index contributed by atoms with van der Waals surface area (Å²) in [4.78, 5) is 18.9. The summed E-state index contributed by atoms with van der Waals surface area (Å²) in [7, 11) is 0. The Hall–Kier alpha value is -3.02. The van der Waals surface area contributed by atoms with Gasteiger partial charge in [0, 0.05) is 36.1 Å². The van der Waals surface area contributed by atoms with Gasteiger partial charge in [0.25, 0.3) is 5.91 Å². The minimum absolute atomic E-state index is 0.0240. The Morgan fingerprint density at radius 2 is 1.85 bits per heavy atom. The Morgan fingerprint density at radius 3 is 2.63 bits per heavy atom. The summed E-state index contributed by atoms with van der Waals surface area (Å²) in [6.07, 6.45) is 7.15. The number of nitrogens with zero attached hydrogens (tertiary/aromatic N) is 3. The van der Waals surface area contributed by atoms with Gasteiger partial charge in [-0.3, -0.25) is 9.78 Å². The maximum absolute atomic E-state index is 13.2. The van der Waals surface area contributed by atoms with Crippen LogP contribution in [0.15, 0.2) is 59.4 Å². The van der Waals surface area contributed by atoms with E-state index in [-0.39, 0.29) is 17.8 Å². The molecule has 27 heavy (non-hydrogen) atoms. The van der Waals surface area contributed by atoms with Crippen molar-refractivity contribution < 1.29 is 13.7 Å². The third kappa shape index (κ3) is 3.74. The summed E-state index contributed by atoms with van der Waals surface area (Å²) in [6, 6.07) is 11.3. The molecule has 1 saturated heterocycles. The molecular weight excluding hydrogens is 345 g/mol. The fourth-order valence-corrected chi connectivity index (χ4v) is 3.51. The molecule has 3 heterocycles.